The molecule has 2 aromatic rings. The number of pyridine rings is 1. The van der Waals surface area contributed by atoms with Gasteiger partial charge in [-0.15, -0.1) is 0 Å². The normalized spacial score (nSPS) is 10.6. The first-order valence-corrected chi connectivity index (χ1v) is 6.76. The van der Waals surface area contributed by atoms with Crippen LogP contribution in [0.15, 0.2) is 12.3 Å². The van der Waals surface area contributed by atoms with Gasteiger partial charge in [0.15, 0.2) is 5.65 Å². The minimum Gasteiger partial charge on any atom is -0.466 e. The zero-order chi connectivity index (χ0) is 15.4. The van der Waals surface area contributed by atoms with E-state index in [2.05, 4.69) is 15.4 Å². The summed E-state index contributed by atoms with van der Waals surface area (Å²) in [6.07, 6.45) is 1.66. The van der Waals surface area contributed by atoms with Gasteiger partial charge < -0.3 is 10.1 Å². The molecule has 1 amide bonds. The average molecular weight is 290 g/mol. The Morgan fingerprint density at radius 3 is 2.90 bits per heavy atom. The maximum Gasteiger partial charge on any atom is 0.307 e. The molecule has 0 unspecified atom stereocenters. The molecule has 0 saturated carbocycles. The van der Waals surface area contributed by atoms with Crippen molar-refractivity contribution in [2.24, 2.45) is 7.05 Å². The zero-order valence-corrected chi connectivity index (χ0v) is 12.3. The van der Waals surface area contributed by atoms with Crippen LogP contribution < -0.4 is 5.32 Å². The van der Waals surface area contributed by atoms with Gasteiger partial charge in [0.25, 0.3) is 5.91 Å². The second kappa shape index (κ2) is 6.34. The lowest BCUT2D eigenvalue weighted by Gasteiger charge is -2.05. The number of hydrogen-bond acceptors (Lipinski definition) is 5. The summed E-state index contributed by atoms with van der Waals surface area (Å²) in [6.45, 7) is 4.19. The SMILES string of the molecule is CCOC(=O)CCNC(=O)c1cnc2c(c1)c(C)nn2C. The summed E-state index contributed by atoms with van der Waals surface area (Å²) < 4.78 is 6.47. The maximum absolute atomic E-state index is 12.0. The fourth-order valence-corrected chi connectivity index (χ4v) is 2.05. The molecule has 0 atom stereocenters. The molecule has 1 N–H and O–H groups in total. The number of rotatable bonds is 5. The summed E-state index contributed by atoms with van der Waals surface area (Å²) in [7, 11) is 1.81. The van der Waals surface area contributed by atoms with Gasteiger partial charge in [-0.25, -0.2) is 4.98 Å². The first-order chi connectivity index (χ1) is 10.0. The topological polar surface area (TPSA) is 86.1 Å². The molecule has 0 aliphatic rings. The zero-order valence-electron chi connectivity index (χ0n) is 12.3. The number of esters is 1. The number of amides is 1. The smallest absolute Gasteiger partial charge is 0.307 e. The van der Waals surface area contributed by atoms with Gasteiger partial charge in [0, 0.05) is 25.2 Å². The minimum absolute atomic E-state index is 0.154. The summed E-state index contributed by atoms with van der Waals surface area (Å²) in [5.41, 5.74) is 2.00. The number of aromatic nitrogens is 3. The summed E-state index contributed by atoms with van der Waals surface area (Å²) in [4.78, 5) is 27.4. The van der Waals surface area contributed by atoms with E-state index in [1.807, 2.05) is 6.92 Å². The standard InChI is InChI=1S/C14H18N4O3/c1-4-21-12(19)5-6-15-14(20)10-7-11-9(2)17-18(3)13(11)16-8-10/h7-8H,4-6H2,1-3H3,(H,15,20). The molecule has 21 heavy (non-hydrogen) atoms. The van der Waals surface area contributed by atoms with E-state index in [9.17, 15) is 9.59 Å². The van der Waals surface area contributed by atoms with E-state index in [4.69, 9.17) is 4.74 Å². The quantitative estimate of drug-likeness (QED) is 0.829. The van der Waals surface area contributed by atoms with Gasteiger partial charge in [-0.05, 0) is 19.9 Å². The largest absolute Gasteiger partial charge is 0.466 e. The van der Waals surface area contributed by atoms with Crippen molar-refractivity contribution in [3.8, 4) is 0 Å². The van der Waals surface area contributed by atoms with Gasteiger partial charge in [-0.3, -0.25) is 14.3 Å². The highest BCUT2D eigenvalue weighted by Gasteiger charge is 2.12. The van der Waals surface area contributed by atoms with Crippen molar-refractivity contribution >= 4 is 22.9 Å². The van der Waals surface area contributed by atoms with Crippen LogP contribution in [0.1, 0.15) is 29.4 Å². The van der Waals surface area contributed by atoms with Crippen LogP contribution in [0.25, 0.3) is 11.0 Å². The van der Waals surface area contributed by atoms with Gasteiger partial charge in [0.05, 0.1) is 24.3 Å². The Bertz CT molecular complexity index is 678. The van der Waals surface area contributed by atoms with Gasteiger partial charge in [-0.1, -0.05) is 0 Å². The molecular formula is C14H18N4O3. The van der Waals surface area contributed by atoms with Crippen molar-refractivity contribution < 1.29 is 14.3 Å². The molecule has 0 aromatic carbocycles. The lowest BCUT2D eigenvalue weighted by Crippen LogP contribution is -2.26. The molecule has 0 aliphatic heterocycles. The van der Waals surface area contributed by atoms with Crippen LogP contribution in [0.5, 0.6) is 0 Å². The predicted octanol–water partition coefficient (Wildman–Crippen LogP) is 0.960. The molecule has 2 rings (SSSR count). The number of nitrogens with zero attached hydrogens (tertiary/aromatic N) is 3. The Morgan fingerprint density at radius 2 is 2.19 bits per heavy atom. The average Bonchev–Trinajstić information content (AvgIpc) is 2.74. The third kappa shape index (κ3) is 3.36. The number of ether oxygens (including phenoxy) is 1. The lowest BCUT2D eigenvalue weighted by molar-refractivity contribution is -0.142. The van der Waals surface area contributed by atoms with Crippen LogP contribution in [-0.4, -0.2) is 39.8 Å². The first kappa shape index (κ1) is 15.0. The summed E-state index contributed by atoms with van der Waals surface area (Å²) in [6, 6.07) is 1.75. The number of aryl methyl sites for hydroxylation is 2. The summed E-state index contributed by atoms with van der Waals surface area (Å²) in [5, 5.41) is 7.77. The van der Waals surface area contributed by atoms with Gasteiger partial charge in [-0.2, -0.15) is 5.10 Å². The molecule has 0 radical (unpaired) electrons. The second-order valence-corrected chi connectivity index (χ2v) is 4.62. The third-order valence-electron chi connectivity index (χ3n) is 3.05. The number of carbonyl (C=O) groups excluding carboxylic acids is 2. The number of hydrogen-bond donors (Lipinski definition) is 1. The van der Waals surface area contributed by atoms with Crippen LogP contribution in [0.4, 0.5) is 0 Å². The van der Waals surface area contributed by atoms with E-state index >= 15 is 0 Å². The Hall–Kier alpha value is -2.44. The summed E-state index contributed by atoms with van der Waals surface area (Å²) >= 11 is 0. The fraction of sp³-hybridized carbons (Fsp3) is 0.429. The number of carbonyl (C=O) groups is 2. The number of fused-ring (bicyclic) bond motifs is 1. The monoisotopic (exact) mass is 290 g/mol. The van der Waals surface area contributed by atoms with Crippen LogP contribution in [0, 0.1) is 6.92 Å². The van der Waals surface area contributed by atoms with Crippen molar-refractivity contribution in [1.29, 1.82) is 0 Å². The van der Waals surface area contributed by atoms with Gasteiger partial charge in [0.1, 0.15) is 0 Å². The Kier molecular flexibility index (Phi) is 4.52. The molecule has 7 heteroatoms. The first-order valence-electron chi connectivity index (χ1n) is 6.76. The second-order valence-electron chi connectivity index (χ2n) is 4.62. The van der Waals surface area contributed by atoms with E-state index in [1.165, 1.54) is 6.20 Å². The van der Waals surface area contributed by atoms with Crippen molar-refractivity contribution in [2.75, 3.05) is 13.2 Å². The van der Waals surface area contributed by atoms with Crippen LogP contribution >= 0.6 is 0 Å². The Labute approximate surface area is 122 Å². The third-order valence-corrected chi connectivity index (χ3v) is 3.05. The lowest BCUT2D eigenvalue weighted by atomic mass is 10.2. The van der Waals surface area contributed by atoms with Gasteiger partial charge in [0.2, 0.25) is 0 Å². The molecule has 2 aromatic heterocycles. The molecule has 0 aliphatic carbocycles. The molecule has 0 spiro atoms. The number of nitrogens with one attached hydrogen (secondary N) is 1. The minimum atomic E-state index is -0.325. The van der Waals surface area contributed by atoms with E-state index < -0.39 is 0 Å². The molecule has 0 saturated heterocycles. The summed E-state index contributed by atoms with van der Waals surface area (Å²) in [5.74, 6) is -0.591. The predicted molar refractivity (Wildman–Crippen MR) is 76.8 cm³/mol. The molecule has 7 nitrogen and oxygen atoms in total. The van der Waals surface area contributed by atoms with E-state index in [-0.39, 0.29) is 24.8 Å². The highest BCUT2D eigenvalue weighted by molar-refractivity contribution is 5.97. The van der Waals surface area contributed by atoms with Crippen molar-refractivity contribution in [2.45, 2.75) is 20.3 Å². The van der Waals surface area contributed by atoms with E-state index in [1.54, 1.807) is 24.7 Å². The van der Waals surface area contributed by atoms with Crippen LogP contribution in [0.2, 0.25) is 0 Å². The van der Waals surface area contributed by atoms with E-state index in [0.29, 0.717) is 12.2 Å². The molecule has 0 bridgehead atoms. The van der Waals surface area contributed by atoms with Crippen molar-refractivity contribution in [3.63, 3.8) is 0 Å². The Morgan fingerprint density at radius 1 is 1.43 bits per heavy atom. The van der Waals surface area contributed by atoms with Crippen molar-refractivity contribution in [1.82, 2.24) is 20.1 Å². The maximum atomic E-state index is 12.0. The van der Waals surface area contributed by atoms with Gasteiger partial charge >= 0.3 is 5.97 Å². The highest BCUT2D eigenvalue weighted by Crippen LogP contribution is 2.16. The van der Waals surface area contributed by atoms with Crippen LogP contribution in [-0.2, 0) is 16.6 Å². The molecule has 0 fully saturated rings. The molecular weight excluding hydrogens is 272 g/mol. The van der Waals surface area contributed by atoms with Crippen molar-refractivity contribution in [3.05, 3.63) is 23.5 Å². The van der Waals surface area contributed by atoms with Crippen LogP contribution in [0.3, 0.4) is 0 Å². The Balaban J connectivity index is 2.03. The highest BCUT2D eigenvalue weighted by atomic mass is 16.5. The molecule has 112 valence electrons. The van der Waals surface area contributed by atoms with E-state index in [0.717, 1.165) is 16.7 Å². The molecule has 2 heterocycles. The fourth-order valence-electron chi connectivity index (χ4n) is 2.05.